The third-order valence-electron chi connectivity index (χ3n) is 3.77. The summed E-state index contributed by atoms with van der Waals surface area (Å²) in [6.45, 7) is 0.465. The Bertz CT molecular complexity index is 718. The molecule has 1 aromatic rings. The maximum Gasteiger partial charge on any atom is 0.341 e. The molecule has 0 fully saturated rings. The standard InChI is InChI=1S/C16H20F2N2O3S/c17-15(18)24(22,23)14-8-4-7-13(11-14)20-16(21)19-10-9-12-5-2-1-3-6-12/h4-5,7-8,11,15H,1-3,6,9-10H2,(H2,19,20,21). The number of carbonyl (C=O) groups is 1. The van der Waals surface area contributed by atoms with E-state index in [2.05, 4.69) is 16.7 Å². The van der Waals surface area contributed by atoms with E-state index in [4.69, 9.17) is 0 Å². The predicted octanol–water partition coefficient (Wildman–Crippen LogP) is 3.69. The summed E-state index contributed by atoms with van der Waals surface area (Å²) in [6.07, 6.45) is 7.47. The van der Waals surface area contributed by atoms with E-state index < -0.39 is 26.5 Å². The summed E-state index contributed by atoms with van der Waals surface area (Å²) < 4.78 is 48.0. The van der Waals surface area contributed by atoms with E-state index >= 15 is 0 Å². The molecule has 5 nitrogen and oxygen atoms in total. The number of sulfone groups is 1. The fraction of sp³-hybridized carbons (Fsp3) is 0.438. The summed E-state index contributed by atoms with van der Waals surface area (Å²) in [6, 6.07) is 4.33. The van der Waals surface area contributed by atoms with Crippen LogP contribution in [0.4, 0.5) is 19.3 Å². The lowest BCUT2D eigenvalue weighted by molar-refractivity contribution is 0.235. The SMILES string of the molecule is O=C(NCCC1=CCCCC1)Nc1cccc(S(=O)(=O)C(F)F)c1. The van der Waals surface area contributed by atoms with E-state index in [0.29, 0.717) is 6.54 Å². The maximum absolute atomic E-state index is 12.5. The van der Waals surface area contributed by atoms with Gasteiger partial charge >= 0.3 is 11.8 Å². The molecule has 0 bridgehead atoms. The van der Waals surface area contributed by atoms with Gasteiger partial charge in [0.2, 0.25) is 9.84 Å². The second-order valence-electron chi connectivity index (χ2n) is 5.57. The Balaban J connectivity index is 1.89. The van der Waals surface area contributed by atoms with Gasteiger partial charge in [-0.05, 0) is 50.3 Å². The molecule has 0 saturated carbocycles. The minimum absolute atomic E-state index is 0.145. The highest BCUT2D eigenvalue weighted by Gasteiger charge is 2.26. The first kappa shape index (κ1) is 18.4. The Kier molecular flexibility index (Phi) is 6.30. The van der Waals surface area contributed by atoms with Crippen LogP contribution in [0.3, 0.4) is 0 Å². The summed E-state index contributed by atoms with van der Waals surface area (Å²) in [7, 11) is -4.68. The summed E-state index contributed by atoms with van der Waals surface area (Å²) in [5.74, 6) is -3.50. The van der Waals surface area contributed by atoms with Crippen molar-refractivity contribution in [1.29, 1.82) is 0 Å². The molecule has 0 radical (unpaired) electrons. The molecule has 0 atom stereocenters. The van der Waals surface area contributed by atoms with Gasteiger partial charge in [0.05, 0.1) is 4.90 Å². The molecule has 8 heteroatoms. The lowest BCUT2D eigenvalue weighted by Crippen LogP contribution is -2.29. The monoisotopic (exact) mass is 358 g/mol. The van der Waals surface area contributed by atoms with Crippen LogP contribution in [0.1, 0.15) is 32.1 Å². The number of amides is 2. The first-order chi connectivity index (χ1) is 11.4. The number of nitrogens with one attached hydrogen (secondary N) is 2. The number of hydrogen-bond donors (Lipinski definition) is 2. The van der Waals surface area contributed by atoms with Crippen LogP contribution in [0, 0.1) is 0 Å². The third kappa shape index (κ3) is 5.02. The molecule has 2 amide bonds. The van der Waals surface area contributed by atoms with Gasteiger partial charge in [0, 0.05) is 12.2 Å². The van der Waals surface area contributed by atoms with Crippen LogP contribution in [-0.4, -0.2) is 26.8 Å². The molecule has 0 unspecified atom stereocenters. The predicted molar refractivity (Wildman–Crippen MR) is 87.8 cm³/mol. The second kappa shape index (κ2) is 8.23. The van der Waals surface area contributed by atoms with Gasteiger partial charge in [-0.3, -0.25) is 0 Å². The lowest BCUT2D eigenvalue weighted by atomic mass is 9.97. The van der Waals surface area contributed by atoms with Gasteiger partial charge in [-0.25, -0.2) is 13.2 Å². The minimum Gasteiger partial charge on any atom is -0.338 e. The number of allylic oxidation sites excluding steroid dienone is 1. The van der Waals surface area contributed by atoms with Crippen molar-refractivity contribution < 1.29 is 22.0 Å². The zero-order chi connectivity index (χ0) is 17.6. The summed E-state index contributed by atoms with van der Waals surface area (Å²) in [4.78, 5) is 11.3. The highest BCUT2D eigenvalue weighted by Crippen LogP contribution is 2.21. The van der Waals surface area contributed by atoms with Crippen molar-refractivity contribution in [3.63, 3.8) is 0 Å². The Hall–Kier alpha value is -1.96. The largest absolute Gasteiger partial charge is 0.341 e. The molecular formula is C16H20F2N2O3S. The van der Waals surface area contributed by atoms with Crippen LogP contribution in [0.15, 0.2) is 40.8 Å². The van der Waals surface area contributed by atoms with Crippen molar-refractivity contribution in [2.75, 3.05) is 11.9 Å². The molecule has 0 spiro atoms. The second-order valence-corrected chi connectivity index (χ2v) is 7.49. The Labute approximate surface area is 140 Å². The number of benzene rings is 1. The van der Waals surface area contributed by atoms with Crippen molar-refractivity contribution in [2.24, 2.45) is 0 Å². The van der Waals surface area contributed by atoms with E-state index in [1.165, 1.54) is 30.5 Å². The molecule has 0 saturated heterocycles. The van der Waals surface area contributed by atoms with Crippen molar-refractivity contribution in [3.8, 4) is 0 Å². The average molecular weight is 358 g/mol. The van der Waals surface area contributed by atoms with Gasteiger partial charge in [-0.15, -0.1) is 0 Å². The lowest BCUT2D eigenvalue weighted by Gasteiger charge is -2.13. The van der Waals surface area contributed by atoms with Crippen LogP contribution in [0.2, 0.25) is 0 Å². The number of carbonyl (C=O) groups excluding carboxylic acids is 1. The van der Waals surface area contributed by atoms with Crippen molar-refractivity contribution in [3.05, 3.63) is 35.9 Å². The van der Waals surface area contributed by atoms with Crippen LogP contribution in [0.25, 0.3) is 0 Å². The van der Waals surface area contributed by atoms with Gasteiger partial charge in [-0.2, -0.15) is 8.78 Å². The third-order valence-corrected chi connectivity index (χ3v) is 5.15. The number of alkyl halides is 2. The van der Waals surface area contributed by atoms with Gasteiger partial charge in [0.15, 0.2) is 0 Å². The fourth-order valence-electron chi connectivity index (χ4n) is 2.50. The van der Waals surface area contributed by atoms with Gasteiger partial charge in [0.1, 0.15) is 0 Å². The van der Waals surface area contributed by atoms with E-state index in [1.54, 1.807) is 0 Å². The number of hydrogen-bond acceptors (Lipinski definition) is 3. The molecule has 1 aliphatic carbocycles. The van der Waals surface area contributed by atoms with Crippen molar-refractivity contribution in [1.82, 2.24) is 5.32 Å². The zero-order valence-corrected chi connectivity index (χ0v) is 13.9. The maximum atomic E-state index is 12.5. The molecule has 1 aromatic carbocycles. The van der Waals surface area contributed by atoms with Crippen molar-refractivity contribution in [2.45, 2.75) is 42.8 Å². The Morgan fingerprint density at radius 3 is 2.71 bits per heavy atom. The van der Waals surface area contributed by atoms with E-state index in [9.17, 15) is 22.0 Å². The molecule has 1 aliphatic rings. The van der Waals surface area contributed by atoms with Gasteiger partial charge in [0.25, 0.3) is 0 Å². The first-order valence-corrected chi connectivity index (χ1v) is 9.29. The van der Waals surface area contributed by atoms with Crippen LogP contribution in [0.5, 0.6) is 0 Å². The Morgan fingerprint density at radius 1 is 1.25 bits per heavy atom. The Morgan fingerprint density at radius 2 is 2.04 bits per heavy atom. The topological polar surface area (TPSA) is 75.3 Å². The summed E-state index contributed by atoms with van der Waals surface area (Å²) in [5, 5.41) is 5.12. The summed E-state index contributed by atoms with van der Waals surface area (Å²) in [5.41, 5.74) is 1.47. The van der Waals surface area contributed by atoms with Crippen LogP contribution >= 0.6 is 0 Å². The highest BCUT2D eigenvalue weighted by atomic mass is 32.2. The minimum atomic E-state index is -4.68. The molecule has 24 heavy (non-hydrogen) atoms. The van der Waals surface area contributed by atoms with Gasteiger partial charge in [-0.1, -0.05) is 17.7 Å². The molecule has 0 heterocycles. The average Bonchev–Trinajstić information content (AvgIpc) is 2.56. The number of anilines is 1. The zero-order valence-electron chi connectivity index (χ0n) is 13.1. The molecular weight excluding hydrogens is 338 g/mol. The van der Waals surface area contributed by atoms with Crippen molar-refractivity contribution >= 4 is 21.6 Å². The van der Waals surface area contributed by atoms with Crippen LogP contribution < -0.4 is 10.6 Å². The normalized spacial score (nSPS) is 15.0. The smallest absolute Gasteiger partial charge is 0.338 e. The molecule has 0 aromatic heterocycles. The fourth-order valence-corrected chi connectivity index (χ4v) is 3.26. The molecule has 2 rings (SSSR count). The molecule has 0 aliphatic heterocycles. The molecule has 2 N–H and O–H groups in total. The number of urea groups is 1. The summed E-state index contributed by atoms with van der Waals surface area (Å²) >= 11 is 0. The van der Waals surface area contributed by atoms with Gasteiger partial charge < -0.3 is 10.6 Å². The van der Waals surface area contributed by atoms with E-state index in [0.717, 1.165) is 31.4 Å². The van der Waals surface area contributed by atoms with Crippen LogP contribution in [-0.2, 0) is 9.84 Å². The first-order valence-electron chi connectivity index (χ1n) is 7.74. The number of halogens is 2. The highest BCUT2D eigenvalue weighted by molar-refractivity contribution is 7.91. The van der Waals surface area contributed by atoms with E-state index in [-0.39, 0.29) is 5.69 Å². The van der Waals surface area contributed by atoms with E-state index in [1.807, 2.05) is 0 Å². The number of rotatable bonds is 6. The quantitative estimate of drug-likeness (QED) is 0.762. The molecule has 132 valence electrons.